The number of hydrogen-bond donors (Lipinski definition) is 1. The topological polar surface area (TPSA) is 51.2 Å². The summed E-state index contributed by atoms with van der Waals surface area (Å²) in [6.07, 6.45) is 1.40. The SMILES string of the molecule is CC(C)(C)OC(=O)NCc1ncc(Sc2c[c]cc(-c3ccccc3)c2)s1. The van der Waals surface area contributed by atoms with Crippen molar-refractivity contribution in [3.05, 3.63) is 65.8 Å². The predicted octanol–water partition coefficient (Wildman–Crippen LogP) is 5.79. The van der Waals surface area contributed by atoms with Crippen molar-refractivity contribution in [1.82, 2.24) is 10.3 Å². The minimum absolute atomic E-state index is 0.357. The van der Waals surface area contributed by atoms with Gasteiger partial charge in [-0.3, -0.25) is 0 Å². The summed E-state index contributed by atoms with van der Waals surface area (Å²) < 4.78 is 6.30. The highest BCUT2D eigenvalue weighted by molar-refractivity contribution is 8.01. The Morgan fingerprint density at radius 3 is 2.74 bits per heavy atom. The third kappa shape index (κ3) is 6.12. The molecule has 27 heavy (non-hydrogen) atoms. The number of nitrogens with one attached hydrogen (secondary N) is 1. The highest BCUT2D eigenvalue weighted by atomic mass is 32.2. The van der Waals surface area contributed by atoms with Gasteiger partial charge in [-0.05, 0) is 56.2 Å². The molecular formula is C21H21N2O2S2. The molecule has 1 amide bonds. The first-order chi connectivity index (χ1) is 12.9. The van der Waals surface area contributed by atoms with Crippen molar-refractivity contribution < 1.29 is 9.53 Å². The number of benzene rings is 2. The molecule has 1 aromatic heterocycles. The molecule has 0 bridgehead atoms. The van der Waals surface area contributed by atoms with Gasteiger partial charge in [-0.15, -0.1) is 11.3 Å². The molecule has 1 heterocycles. The molecule has 0 aliphatic heterocycles. The van der Waals surface area contributed by atoms with E-state index in [1.165, 1.54) is 5.56 Å². The molecule has 0 unspecified atom stereocenters. The maximum Gasteiger partial charge on any atom is 0.408 e. The third-order valence-corrected chi connectivity index (χ3v) is 5.47. The van der Waals surface area contributed by atoms with E-state index in [9.17, 15) is 4.79 Å². The summed E-state index contributed by atoms with van der Waals surface area (Å²) in [5.41, 5.74) is 1.80. The van der Waals surface area contributed by atoms with E-state index in [0.29, 0.717) is 6.54 Å². The quantitative estimate of drug-likeness (QED) is 0.592. The Hall–Kier alpha value is -2.31. The average molecular weight is 398 g/mol. The molecule has 2 aromatic carbocycles. The number of rotatable bonds is 5. The van der Waals surface area contributed by atoms with Crippen molar-refractivity contribution in [3.8, 4) is 11.1 Å². The predicted molar refractivity (Wildman–Crippen MR) is 110 cm³/mol. The number of hydrogen-bond acceptors (Lipinski definition) is 5. The Morgan fingerprint density at radius 1 is 1.22 bits per heavy atom. The lowest BCUT2D eigenvalue weighted by molar-refractivity contribution is 0.0523. The molecule has 0 aliphatic rings. The minimum atomic E-state index is -0.506. The van der Waals surface area contributed by atoms with Crippen LogP contribution in [0.4, 0.5) is 4.79 Å². The van der Waals surface area contributed by atoms with Crippen LogP contribution in [0.2, 0.25) is 0 Å². The summed E-state index contributed by atoms with van der Waals surface area (Å²) in [7, 11) is 0. The number of ether oxygens (including phenoxy) is 1. The summed E-state index contributed by atoms with van der Waals surface area (Å²) in [6, 6.07) is 19.6. The molecule has 3 rings (SSSR count). The van der Waals surface area contributed by atoms with Crippen molar-refractivity contribution in [1.29, 1.82) is 0 Å². The van der Waals surface area contributed by atoms with Gasteiger partial charge in [-0.25, -0.2) is 9.78 Å². The smallest absolute Gasteiger partial charge is 0.408 e. The number of amides is 1. The lowest BCUT2D eigenvalue weighted by Crippen LogP contribution is -2.32. The van der Waals surface area contributed by atoms with Crippen LogP contribution in [0.25, 0.3) is 11.1 Å². The maximum atomic E-state index is 11.7. The van der Waals surface area contributed by atoms with E-state index >= 15 is 0 Å². The molecule has 0 spiro atoms. The molecule has 4 nitrogen and oxygen atoms in total. The maximum absolute atomic E-state index is 11.7. The van der Waals surface area contributed by atoms with Crippen molar-refractivity contribution in [2.45, 2.75) is 42.0 Å². The Bertz CT molecular complexity index is 902. The van der Waals surface area contributed by atoms with E-state index < -0.39 is 11.7 Å². The van der Waals surface area contributed by atoms with Crippen LogP contribution in [0.5, 0.6) is 0 Å². The lowest BCUT2D eigenvalue weighted by Gasteiger charge is -2.19. The van der Waals surface area contributed by atoms with Crippen molar-refractivity contribution >= 4 is 29.2 Å². The van der Waals surface area contributed by atoms with Gasteiger partial charge in [0.1, 0.15) is 10.6 Å². The van der Waals surface area contributed by atoms with Gasteiger partial charge in [0.05, 0.1) is 17.0 Å². The van der Waals surface area contributed by atoms with E-state index in [-0.39, 0.29) is 0 Å². The van der Waals surface area contributed by atoms with Crippen LogP contribution in [0.1, 0.15) is 25.8 Å². The molecule has 0 atom stereocenters. The van der Waals surface area contributed by atoms with Gasteiger partial charge in [0.2, 0.25) is 0 Å². The third-order valence-electron chi connectivity index (χ3n) is 3.40. The highest BCUT2D eigenvalue weighted by Gasteiger charge is 2.16. The summed E-state index contributed by atoms with van der Waals surface area (Å²) >= 11 is 3.20. The van der Waals surface area contributed by atoms with E-state index in [1.807, 2.05) is 57.3 Å². The van der Waals surface area contributed by atoms with Gasteiger partial charge in [0.25, 0.3) is 0 Å². The van der Waals surface area contributed by atoms with Gasteiger partial charge in [-0.1, -0.05) is 42.1 Å². The van der Waals surface area contributed by atoms with E-state index in [0.717, 1.165) is 19.7 Å². The molecule has 6 heteroatoms. The Labute approximate surface area is 168 Å². The zero-order valence-corrected chi connectivity index (χ0v) is 17.1. The molecule has 0 saturated heterocycles. The largest absolute Gasteiger partial charge is 0.444 e. The van der Waals surface area contributed by atoms with Crippen LogP contribution < -0.4 is 5.32 Å². The number of nitrogens with zero attached hydrogens (tertiary/aromatic N) is 1. The first-order valence-electron chi connectivity index (χ1n) is 8.55. The second kappa shape index (κ2) is 8.59. The number of carbonyl (C=O) groups excluding carboxylic acids is 1. The average Bonchev–Trinajstić information content (AvgIpc) is 3.07. The van der Waals surface area contributed by atoms with Gasteiger partial charge in [0, 0.05) is 4.90 Å². The molecule has 139 valence electrons. The number of thiazole rings is 1. The van der Waals surface area contributed by atoms with Gasteiger partial charge in [0.15, 0.2) is 0 Å². The summed E-state index contributed by atoms with van der Waals surface area (Å²) in [5.74, 6) is 0. The monoisotopic (exact) mass is 397 g/mol. The van der Waals surface area contributed by atoms with Crippen LogP contribution in [0.15, 0.2) is 63.8 Å². The van der Waals surface area contributed by atoms with Crippen LogP contribution >= 0.6 is 23.1 Å². The fourth-order valence-electron chi connectivity index (χ4n) is 2.31. The molecule has 3 aromatic rings. The first kappa shape index (κ1) is 19.5. The zero-order chi connectivity index (χ0) is 19.3. The molecule has 0 fully saturated rings. The lowest BCUT2D eigenvalue weighted by atomic mass is 10.1. The fraction of sp³-hybridized carbons (Fsp3) is 0.238. The van der Waals surface area contributed by atoms with Crippen LogP contribution in [0, 0.1) is 6.07 Å². The molecular weight excluding hydrogens is 376 g/mol. The number of carbonyl (C=O) groups is 1. The molecule has 1 N–H and O–H groups in total. The van der Waals surface area contributed by atoms with E-state index in [2.05, 4.69) is 34.6 Å². The minimum Gasteiger partial charge on any atom is -0.444 e. The first-order valence-corrected chi connectivity index (χ1v) is 10.2. The Morgan fingerprint density at radius 2 is 2.00 bits per heavy atom. The summed E-state index contributed by atoms with van der Waals surface area (Å²) in [4.78, 5) is 17.2. The second-order valence-electron chi connectivity index (χ2n) is 6.85. The van der Waals surface area contributed by atoms with E-state index in [4.69, 9.17) is 4.74 Å². The Kier molecular flexibility index (Phi) is 6.19. The van der Waals surface area contributed by atoms with Crippen LogP contribution in [-0.2, 0) is 11.3 Å². The zero-order valence-electron chi connectivity index (χ0n) is 15.5. The molecule has 0 aliphatic carbocycles. The van der Waals surface area contributed by atoms with Gasteiger partial charge in [-0.2, -0.15) is 0 Å². The Balaban J connectivity index is 1.60. The number of aromatic nitrogens is 1. The van der Waals surface area contributed by atoms with Crippen LogP contribution in [0.3, 0.4) is 0 Å². The fourth-order valence-corrected chi connectivity index (χ4v) is 4.29. The van der Waals surface area contributed by atoms with Crippen LogP contribution in [-0.4, -0.2) is 16.7 Å². The van der Waals surface area contributed by atoms with E-state index in [1.54, 1.807) is 23.1 Å². The standard InChI is InChI=1S/C21H21N2O2S2/c1-21(2,3)25-20(24)23-13-18-22-14-19(27-18)26-17-11-7-10-16(12-17)15-8-5-4-6-9-15/h4-6,8-12,14H,13H2,1-3H3,(H,23,24). The van der Waals surface area contributed by atoms with Crippen molar-refractivity contribution in [3.63, 3.8) is 0 Å². The number of alkyl carbamates (subject to hydrolysis) is 1. The molecule has 1 radical (unpaired) electrons. The van der Waals surface area contributed by atoms with Crippen molar-refractivity contribution in [2.24, 2.45) is 0 Å². The molecule has 0 saturated carbocycles. The second-order valence-corrected chi connectivity index (χ2v) is 9.34. The van der Waals surface area contributed by atoms with Gasteiger partial charge < -0.3 is 10.1 Å². The normalized spacial score (nSPS) is 11.2. The highest BCUT2D eigenvalue weighted by Crippen LogP contribution is 2.34. The summed E-state index contributed by atoms with van der Waals surface area (Å²) in [6.45, 7) is 5.87. The van der Waals surface area contributed by atoms with Gasteiger partial charge >= 0.3 is 6.09 Å². The van der Waals surface area contributed by atoms with Crippen molar-refractivity contribution in [2.75, 3.05) is 0 Å². The summed E-state index contributed by atoms with van der Waals surface area (Å²) in [5, 5.41) is 3.57.